The van der Waals surface area contributed by atoms with Crippen molar-refractivity contribution < 1.29 is 23.8 Å². The molecular formula is C15H16BrN3O5. The van der Waals surface area contributed by atoms with E-state index in [-0.39, 0.29) is 12.9 Å². The second kappa shape index (κ2) is 7.63. The van der Waals surface area contributed by atoms with Crippen LogP contribution in [0.15, 0.2) is 21.7 Å². The number of amides is 2. The quantitative estimate of drug-likeness (QED) is 0.447. The lowest BCUT2D eigenvalue weighted by Gasteiger charge is -2.09. The molecule has 1 aromatic carbocycles. The smallest absolute Gasteiger partial charge is 0.329 e. The third kappa shape index (κ3) is 4.04. The van der Waals surface area contributed by atoms with Crippen LogP contribution in [0.3, 0.4) is 0 Å². The highest BCUT2D eigenvalue weighted by Crippen LogP contribution is 2.36. The van der Waals surface area contributed by atoms with Crippen molar-refractivity contribution in [3.05, 3.63) is 22.2 Å². The molecule has 2 heterocycles. The molecule has 3 rings (SSSR count). The summed E-state index contributed by atoms with van der Waals surface area (Å²) in [5, 5.41) is 6.31. The molecule has 24 heavy (non-hydrogen) atoms. The molecule has 2 aliphatic heterocycles. The van der Waals surface area contributed by atoms with E-state index in [4.69, 9.17) is 14.2 Å². The van der Waals surface area contributed by atoms with Crippen molar-refractivity contribution in [2.24, 2.45) is 5.10 Å². The van der Waals surface area contributed by atoms with Gasteiger partial charge in [-0.25, -0.2) is 5.43 Å². The van der Waals surface area contributed by atoms with Crippen LogP contribution in [0.4, 0.5) is 0 Å². The molecule has 8 nitrogen and oxygen atoms in total. The van der Waals surface area contributed by atoms with Gasteiger partial charge in [0.15, 0.2) is 11.5 Å². The number of carbonyl (C=O) groups is 2. The molecule has 1 fully saturated rings. The van der Waals surface area contributed by atoms with Crippen molar-refractivity contribution in [2.75, 3.05) is 19.9 Å². The number of carbonyl (C=O) groups excluding carboxylic acids is 2. The van der Waals surface area contributed by atoms with Crippen LogP contribution in [0.25, 0.3) is 0 Å². The van der Waals surface area contributed by atoms with E-state index in [0.717, 1.165) is 17.3 Å². The number of rotatable bonds is 4. The molecule has 2 N–H and O–H groups in total. The summed E-state index contributed by atoms with van der Waals surface area (Å²) in [6.07, 6.45) is 3.26. The number of benzene rings is 1. The van der Waals surface area contributed by atoms with Crippen molar-refractivity contribution >= 4 is 34.0 Å². The van der Waals surface area contributed by atoms with Crippen LogP contribution in [0.2, 0.25) is 0 Å². The minimum Gasteiger partial charge on any atom is -0.454 e. The van der Waals surface area contributed by atoms with Crippen LogP contribution in [-0.2, 0) is 14.3 Å². The third-order valence-corrected chi connectivity index (χ3v) is 4.27. The number of ether oxygens (including phenoxy) is 3. The first-order valence-corrected chi connectivity index (χ1v) is 8.25. The van der Waals surface area contributed by atoms with Gasteiger partial charge in [0.25, 0.3) is 0 Å². The molecule has 0 saturated carbocycles. The molecular weight excluding hydrogens is 382 g/mol. The molecule has 0 aliphatic carbocycles. The molecule has 2 aliphatic rings. The monoisotopic (exact) mass is 397 g/mol. The maximum atomic E-state index is 11.7. The Kier molecular flexibility index (Phi) is 5.31. The largest absolute Gasteiger partial charge is 0.454 e. The lowest BCUT2D eigenvalue weighted by molar-refractivity contribution is -0.139. The van der Waals surface area contributed by atoms with Crippen LogP contribution in [0, 0.1) is 0 Å². The van der Waals surface area contributed by atoms with Crippen molar-refractivity contribution in [1.82, 2.24) is 10.7 Å². The van der Waals surface area contributed by atoms with E-state index >= 15 is 0 Å². The standard InChI is InChI=1S/C15H16BrN3O5/c16-11-5-13-12(23-8-24-13)4-9(11)6-18-19-15(21)14(20)17-7-10-2-1-3-22-10/h4-6,10H,1-3,7-8H2,(H,17,20)(H,19,21)/b18-6-/t10-/m0/s1. The normalized spacial score (nSPS) is 18.8. The molecule has 1 saturated heterocycles. The van der Waals surface area contributed by atoms with Gasteiger partial charge in [-0.15, -0.1) is 0 Å². The number of hydrogen-bond acceptors (Lipinski definition) is 6. The molecule has 128 valence electrons. The van der Waals surface area contributed by atoms with Crippen LogP contribution in [-0.4, -0.2) is 44.1 Å². The number of hydrazone groups is 1. The summed E-state index contributed by atoms with van der Waals surface area (Å²) < 4.78 is 16.6. The van der Waals surface area contributed by atoms with E-state index in [0.29, 0.717) is 30.2 Å². The number of fused-ring (bicyclic) bond motifs is 1. The van der Waals surface area contributed by atoms with E-state index in [1.165, 1.54) is 6.21 Å². The summed E-state index contributed by atoms with van der Waals surface area (Å²) in [6.45, 7) is 1.19. The lowest BCUT2D eigenvalue weighted by atomic mass is 10.2. The predicted molar refractivity (Wildman–Crippen MR) is 88.0 cm³/mol. The number of nitrogens with one attached hydrogen (secondary N) is 2. The van der Waals surface area contributed by atoms with Gasteiger partial charge in [-0.1, -0.05) is 0 Å². The van der Waals surface area contributed by atoms with Gasteiger partial charge in [0.1, 0.15) is 0 Å². The first-order valence-electron chi connectivity index (χ1n) is 7.45. The molecule has 2 amide bonds. The number of halogens is 1. The zero-order chi connectivity index (χ0) is 16.9. The first kappa shape index (κ1) is 16.7. The topological polar surface area (TPSA) is 98.2 Å². The average Bonchev–Trinajstić information content (AvgIpc) is 3.23. The Hall–Kier alpha value is -2.13. The summed E-state index contributed by atoms with van der Waals surface area (Å²) in [7, 11) is 0. The van der Waals surface area contributed by atoms with E-state index in [1.54, 1.807) is 12.1 Å². The Balaban J connectivity index is 1.50. The van der Waals surface area contributed by atoms with Crippen molar-refractivity contribution in [3.8, 4) is 11.5 Å². The Labute approximate surface area is 146 Å². The van der Waals surface area contributed by atoms with Gasteiger partial charge in [-0.05, 0) is 40.9 Å². The maximum Gasteiger partial charge on any atom is 0.329 e. The van der Waals surface area contributed by atoms with Gasteiger partial charge in [-0.3, -0.25) is 9.59 Å². The van der Waals surface area contributed by atoms with Gasteiger partial charge in [0, 0.05) is 23.2 Å². The van der Waals surface area contributed by atoms with Gasteiger partial charge in [0.05, 0.1) is 12.3 Å². The van der Waals surface area contributed by atoms with Gasteiger partial charge in [0.2, 0.25) is 6.79 Å². The molecule has 1 atom stereocenters. The first-order chi connectivity index (χ1) is 11.6. The minimum absolute atomic E-state index is 0.0187. The minimum atomic E-state index is -0.832. The molecule has 0 unspecified atom stereocenters. The molecule has 0 radical (unpaired) electrons. The number of nitrogens with zero attached hydrogens (tertiary/aromatic N) is 1. The molecule has 9 heteroatoms. The fourth-order valence-electron chi connectivity index (χ4n) is 2.34. The van der Waals surface area contributed by atoms with Crippen molar-refractivity contribution in [2.45, 2.75) is 18.9 Å². The molecule has 1 aromatic rings. The molecule has 0 spiro atoms. The Morgan fingerprint density at radius 3 is 2.83 bits per heavy atom. The van der Waals surface area contributed by atoms with Crippen LogP contribution in [0.5, 0.6) is 11.5 Å². The van der Waals surface area contributed by atoms with Gasteiger partial charge >= 0.3 is 11.8 Å². The van der Waals surface area contributed by atoms with Crippen molar-refractivity contribution in [3.63, 3.8) is 0 Å². The summed E-state index contributed by atoms with van der Waals surface area (Å²) in [6, 6.07) is 3.47. The van der Waals surface area contributed by atoms with Crippen LogP contribution < -0.4 is 20.2 Å². The molecule has 0 aromatic heterocycles. The maximum absolute atomic E-state index is 11.7. The SMILES string of the molecule is O=C(NC[C@@H]1CCCO1)C(=O)N/N=C\c1cc2c(cc1Br)OCO2. The van der Waals surface area contributed by atoms with E-state index in [9.17, 15) is 9.59 Å². The van der Waals surface area contributed by atoms with Gasteiger partial charge in [-0.2, -0.15) is 5.10 Å². The third-order valence-electron chi connectivity index (χ3n) is 3.58. The summed E-state index contributed by atoms with van der Waals surface area (Å²) in [5.41, 5.74) is 2.87. The fraction of sp³-hybridized carbons (Fsp3) is 0.400. The summed E-state index contributed by atoms with van der Waals surface area (Å²) >= 11 is 3.38. The Morgan fingerprint density at radius 2 is 2.08 bits per heavy atom. The van der Waals surface area contributed by atoms with E-state index in [2.05, 4.69) is 31.8 Å². The zero-order valence-corrected chi connectivity index (χ0v) is 14.3. The van der Waals surface area contributed by atoms with Crippen molar-refractivity contribution in [1.29, 1.82) is 0 Å². The zero-order valence-electron chi connectivity index (χ0n) is 12.7. The highest BCUT2D eigenvalue weighted by Gasteiger charge is 2.19. The highest BCUT2D eigenvalue weighted by atomic mass is 79.9. The van der Waals surface area contributed by atoms with E-state index < -0.39 is 11.8 Å². The van der Waals surface area contributed by atoms with E-state index in [1.807, 2.05) is 0 Å². The average molecular weight is 398 g/mol. The summed E-state index contributed by atoms with van der Waals surface area (Å²) in [5.74, 6) is -0.342. The van der Waals surface area contributed by atoms with Gasteiger partial charge < -0.3 is 19.5 Å². The highest BCUT2D eigenvalue weighted by molar-refractivity contribution is 9.10. The summed E-state index contributed by atoms with van der Waals surface area (Å²) in [4.78, 5) is 23.3. The Bertz CT molecular complexity index is 673. The number of hydrogen-bond donors (Lipinski definition) is 2. The van der Waals surface area contributed by atoms with Crippen LogP contribution in [0.1, 0.15) is 18.4 Å². The second-order valence-corrected chi connectivity index (χ2v) is 6.13. The second-order valence-electron chi connectivity index (χ2n) is 5.27. The Morgan fingerprint density at radius 1 is 1.29 bits per heavy atom. The predicted octanol–water partition coefficient (Wildman–Crippen LogP) is 0.923. The van der Waals surface area contributed by atoms with Crippen LogP contribution >= 0.6 is 15.9 Å². The lowest BCUT2D eigenvalue weighted by Crippen LogP contribution is -2.41. The fourth-order valence-corrected chi connectivity index (χ4v) is 2.76. The molecule has 0 bridgehead atoms.